The van der Waals surface area contributed by atoms with E-state index in [4.69, 9.17) is 5.11 Å². The average molecular weight is 446 g/mol. The number of hydrogen-bond donors (Lipinski definition) is 4. The van der Waals surface area contributed by atoms with Crippen molar-refractivity contribution in [2.75, 3.05) is 42.8 Å². The molecule has 0 fully saturated rings. The van der Waals surface area contributed by atoms with Gasteiger partial charge in [0.05, 0.1) is 31.5 Å². The lowest BCUT2D eigenvalue weighted by Crippen LogP contribution is -2.31. The summed E-state index contributed by atoms with van der Waals surface area (Å²) < 4.78 is 32.2. The number of carbonyl (C=O) groups is 3. The second-order valence-electron chi connectivity index (χ2n) is 6.70. The Hall–Kier alpha value is -3.99. The van der Waals surface area contributed by atoms with Gasteiger partial charge >= 0.3 is 12.0 Å². The lowest BCUT2D eigenvalue weighted by Gasteiger charge is -2.15. The number of anilines is 3. The fourth-order valence-corrected chi connectivity index (χ4v) is 3.00. The van der Waals surface area contributed by atoms with Crippen molar-refractivity contribution >= 4 is 35.0 Å². The maximum atomic E-state index is 14.6. The number of halogens is 2. The molecular formula is C21H20F2N4O5. The predicted molar refractivity (Wildman–Crippen MR) is 112 cm³/mol. The molecule has 0 aliphatic carbocycles. The van der Waals surface area contributed by atoms with E-state index in [9.17, 15) is 23.2 Å². The van der Waals surface area contributed by atoms with E-state index in [2.05, 4.69) is 20.7 Å². The minimum atomic E-state index is -0.797. The number of nitrogens with one attached hydrogen (secondary N) is 3. The maximum absolute atomic E-state index is 14.6. The predicted octanol–water partition coefficient (Wildman–Crippen LogP) is 2.28. The van der Waals surface area contributed by atoms with Crippen molar-refractivity contribution in [3.05, 3.63) is 65.4 Å². The largest absolute Gasteiger partial charge is 0.466 e. The third kappa shape index (κ3) is 5.19. The highest BCUT2D eigenvalue weighted by Crippen LogP contribution is 2.26. The molecule has 1 heterocycles. The van der Waals surface area contributed by atoms with E-state index in [0.29, 0.717) is 5.69 Å². The maximum Gasteiger partial charge on any atom is 0.337 e. The van der Waals surface area contributed by atoms with Crippen molar-refractivity contribution in [2.24, 2.45) is 0 Å². The number of aliphatic hydroxyl groups is 1. The number of rotatable bonds is 7. The van der Waals surface area contributed by atoms with Crippen molar-refractivity contribution in [2.45, 2.75) is 0 Å². The zero-order valence-electron chi connectivity index (χ0n) is 16.9. The second-order valence-corrected chi connectivity index (χ2v) is 6.70. The summed E-state index contributed by atoms with van der Waals surface area (Å²) in [5.41, 5.74) is 0.210. The summed E-state index contributed by atoms with van der Waals surface area (Å²) in [5.74, 6) is -2.58. The summed E-state index contributed by atoms with van der Waals surface area (Å²) in [6, 6.07) is 8.12. The molecule has 168 valence electrons. The molecule has 0 saturated carbocycles. The van der Waals surface area contributed by atoms with Crippen LogP contribution in [0.25, 0.3) is 0 Å². The molecule has 0 bridgehead atoms. The van der Waals surface area contributed by atoms with Crippen molar-refractivity contribution in [1.82, 2.24) is 4.90 Å². The quantitative estimate of drug-likeness (QED) is 0.485. The number of esters is 1. The second kappa shape index (κ2) is 9.88. The van der Waals surface area contributed by atoms with Gasteiger partial charge in [-0.3, -0.25) is 4.79 Å². The highest BCUT2D eigenvalue weighted by molar-refractivity contribution is 6.08. The van der Waals surface area contributed by atoms with Gasteiger partial charge in [-0.2, -0.15) is 0 Å². The SMILES string of the molecule is COC(=O)C1=C(Nc2ccc(NC(=O)Nc3ccc(F)cc3)cc2F)C(=O)N(CCO)C1. The molecule has 0 aromatic heterocycles. The van der Waals surface area contributed by atoms with E-state index >= 15 is 0 Å². The van der Waals surface area contributed by atoms with Crippen molar-refractivity contribution in [3.63, 3.8) is 0 Å². The van der Waals surface area contributed by atoms with Gasteiger partial charge < -0.3 is 30.7 Å². The molecular weight excluding hydrogens is 426 g/mol. The molecule has 0 atom stereocenters. The standard InChI is InChI=1S/C21H20F2N4O5/c1-32-20(30)15-11-27(8-9-28)19(29)18(15)26-17-7-6-14(10-16(17)23)25-21(31)24-13-4-2-12(22)3-5-13/h2-7,10,26,28H,8-9,11H2,1H3,(H2,24,25,31). The first-order chi connectivity index (χ1) is 15.3. The Bertz CT molecular complexity index is 1070. The topological polar surface area (TPSA) is 120 Å². The molecule has 0 radical (unpaired) electrons. The number of amides is 3. The molecule has 2 aromatic rings. The van der Waals surface area contributed by atoms with E-state index in [1.54, 1.807) is 0 Å². The van der Waals surface area contributed by atoms with Crippen LogP contribution >= 0.6 is 0 Å². The van der Waals surface area contributed by atoms with Crippen molar-refractivity contribution in [3.8, 4) is 0 Å². The van der Waals surface area contributed by atoms with E-state index in [1.165, 1.54) is 41.3 Å². The third-order valence-electron chi connectivity index (χ3n) is 4.54. The highest BCUT2D eigenvalue weighted by atomic mass is 19.1. The fraction of sp³-hybridized carbons (Fsp3) is 0.190. The Labute approximate surface area is 181 Å². The van der Waals surface area contributed by atoms with Gasteiger partial charge in [-0.1, -0.05) is 0 Å². The lowest BCUT2D eigenvalue weighted by molar-refractivity contribution is -0.136. The summed E-state index contributed by atoms with van der Waals surface area (Å²) >= 11 is 0. The molecule has 1 aliphatic rings. The average Bonchev–Trinajstić information content (AvgIpc) is 3.07. The first-order valence-corrected chi connectivity index (χ1v) is 9.44. The zero-order chi connectivity index (χ0) is 23.3. The Kier molecular flexibility index (Phi) is 7.00. The van der Waals surface area contributed by atoms with Gasteiger partial charge in [0.15, 0.2) is 0 Å². The summed E-state index contributed by atoms with van der Waals surface area (Å²) in [6.45, 7) is -0.388. The molecule has 11 heteroatoms. The molecule has 2 aromatic carbocycles. The number of ether oxygens (including phenoxy) is 1. The third-order valence-corrected chi connectivity index (χ3v) is 4.54. The number of hydrogen-bond acceptors (Lipinski definition) is 6. The first-order valence-electron chi connectivity index (χ1n) is 9.44. The van der Waals surface area contributed by atoms with Crippen molar-refractivity contribution in [1.29, 1.82) is 0 Å². The van der Waals surface area contributed by atoms with Crippen LogP contribution in [-0.4, -0.2) is 54.7 Å². The normalized spacial score (nSPS) is 13.2. The molecule has 1 aliphatic heterocycles. The van der Waals surface area contributed by atoms with Gasteiger partial charge in [-0.25, -0.2) is 18.4 Å². The monoisotopic (exact) mass is 446 g/mol. The Morgan fingerprint density at radius 1 is 1.09 bits per heavy atom. The van der Waals surface area contributed by atoms with Gasteiger partial charge in [0, 0.05) is 17.9 Å². The lowest BCUT2D eigenvalue weighted by atomic mass is 10.2. The highest BCUT2D eigenvalue weighted by Gasteiger charge is 2.34. The van der Waals surface area contributed by atoms with Crippen LogP contribution < -0.4 is 16.0 Å². The minimum Gasteiger partial charge on any atom is -0.466 e. The van der Waals surface area contributed by atoms with Crippen LogP contribution in [0.15, 0.2) is 53.7 Å². The molecule has 4 N–H and O–H groups in total. The van der Waals surface area contributed by atoms with Crippen LogP contribution in [0.1, 0.15) is 0 Å². The van der Waals surface area contributed by atoms with Gasteiger partial charge in [0.1, 0.15) is 17.3 Å². The number of carbonyl (C=O) groups excluding carboxylic acids is 3. The van der Waals surface area contributed by atoms with Gasteiger partial charge in [0.2, 0.25) is 0 Å². The van der Waals surface area contributed by atoms with Gasteiger partial charge in [-0.15, -0.1) is 0 Å². The zero-order valence-corrected chi connectivity index (χ0v) is 16.9. The van der Waals surface area contributed by atoms with E-state index in [-0.39, 0.29) is 42.3 Å². The minimum absolute atomic E-state index is 0.000977. The van der Waals surface area contributed by atoms with E-state index in [0.717, 1.165) is 13.2 Å². The van der Waals surface area contributed by atoms with Crippen LogP contribution in [0.2, 0.25) is 0 Å². The Morgan fingerprint density at radius 2 is 1.75 bits per heavy atom. The molecule has 3 amide bonds. The first kappa shape index (κ1) is 22.7. The fourth-order valence-electron chi connectivity index (χ4n) is 3.00. The molecule has 0 saturated heterocycles. The summed E-state index contributed by atoms with van der Waals surface area (Å²) in [5, 5.41) is 16.6. The number of methoxy groups -OCH3 is 1. The number of urea groups is 1. The summed E-state index contributed by atoms with van der Waals surface area (Å²) in [4.78, 5) is 37.8. The van der Waals surface area contributed by atoms with E-state index in [1.807, 2.05) is 0 Å². The van der Waals surface area contributed by atoms with E-state index < -0.39 is 29.5 Å². The molecule has 3 rings (SSSR count). The summed E-state index contributed by atoms with van der Waals surface area (Å²) in [7, 11) is 1.16. The molecule has 32 heavy (non-hydrogen) atoms. The van der Waals surface area contributed by atoms with Crippen LogP contribution in [0.4, 0.5) is 30.6 Å². The van der Waals surface area contributed by atoms with Gasteiger partial charge in [0.25, 0.3) is 5.91 Å². The van der Waals surface area contributed by atoms with Crippen molar-refractivity contribution < 1.29 is 33.0 Å². The van der Waals surface area contributed by atoms with Crippen LogP contribution in [0, 0.1) is 11.6 Å². The number of β-amino-alcohol motifs (C(OH)–C–C–N with tert-alkyl or cyclic N) is 1. The molecule has 0 spiro atoms. The van der Waals surface area contributed by atoms with Crippen LogP contribution in [0.3, 0.4) is 0 Å². The number of benzene rings is 2. The van der Waals surface area contributed by atoms with Crippen LogP contribution in [-0.2, 0) is 14.3 Å². The van der Waals surface area contributed by atoms with Gasteiger partial charge in [-0.05, 0) is 42.5 Å². The molecule has 9 nitrogen and oxygen atoms in total. The number of aliphatic hydroxyl groups excluding tert-OH is 1. The Morgan fingerprint density at radius 3 is 2.38 bits per heavy atom. The Balaban J connectivity index is 1.72. The summed E-state index contributed by atoms with van der Waals surface area (Å²) in [6.07, 6.45) is 0. The smallest absolute Gasteiger partial charge is 0.337 e. The number of nitrogens with zero attached hydrogens (tertiary/aromatic N) is 1. The molecule has 0 unspecified atom stereocenters. The van der Waals surface area contributed by atoms with Crippen LogP contribution in [0.5, 0.6) is 0 Å².